The third-order valence-corrected chi connectivity index (χ3v) is 5.45. The number of carbonyl (C=O) groups excluding carboxylic acids is 1. The van der Waals surface area contributed by atoms with Gasteiger partial charge in [0, 0.05) is 42.5 Å². The van der Waals surface area contributed by atoms with Crippen molar-refractivity contribution in [2.75, 3.05) is 13.1 Å². The van der Waals surface area contributed by atoms with Gasteiger partial charge < -0.3 is 4.90 Å². The molecule has 30 heavy (non-hydrogen) atoms. The first-order chi connectivity index (χ1) is 14.8. The van der Waals surface area contributed by atoms with E-state index in [1.54, 1.807) is 18.6 Å². The zero-order valence-corrected chi connectivity index (χ0v) is 16.3. The van der Waals surface area contributed by atoms with E-state index >= 15 is 0 Å². The molecule has 2 N–H and O–H groups in total. The quantitative estimate of drug-likeness (QED) is 0.548. The number of likely N-dealkylation sites (tertiary alicyclic amines) is 1. The monoisotopic (exact) mass is 399 g/mol. The first-order valence-electron chi connectivity index (χ1n) is 10.0. The van der Waals surface area contributed by atoms with Crippen LogP contribution in [0.4, 0.5) is 0 Å². The predicted octanol–water partition coefficient (Wildman–Crippen LogP) is 3.28. The molecule has 150 valence electrons. The molecule has 4 heterocycles. The lowest BCUT2D eigenvalue weighted by atomic mass is 9.96. The number of rotatable bonds is 4. The number of aromatic amines is 2. The molecule has 0 bridgehead atoms. The van der Waals surface area contributed by atoms with Crippen molar-refractivity contribution < 1.29 is 4.79 Å². The third kappa shape index (κ3) is 3.47. The largest absolute Gasteiger partial charge is 0.338 e. The molecule has 3 aromatic heterocycles. The lowest BCUT2D eigenvalue weighted by molar-refractivity contribution is 0.0705. The zero-order chi connectivity index (χ0) is 20.3. The van der Waals surface area contributed by atoms with Gasteiger partial charge in [0.1, 0.15) is 5.82 Å². The molecule has 0 saturated carbocycles. The fourth-order valence-electron chi connectivity index (χ4n) is 3.91. The maximum Gasteiger partial charge on any atom is 0.257 e. The summed E-state index contributed by atoms with van der Waals surface area (Å²) in [6.45, 7) is 1.31. The SMILES string of the molecule is O=C(c1cn[nH]c1-c1cccnc1)N1CCCC(c2nc(-c3ccccc3)n[nH]2)C1. The topological polar surface area (TPSA) is 103 Å². The highest BCUT2D eigenvalue weighted by atomic mass is 16.2. The summed E-state index contributed by atoms with van der Waals surface area (Å²) in [7, 11) is 0. The standard InChI is InChI=1S/C22H21N7O/c30-22(18-13-24-26-19(18)16-8-4-10-23-12-16)29-11-5-9-17(14-29)21-25-20(27-28-21)15-6-2-1-3-7-15/h1-4,6-8,10,12-13,17H,5,9,11,14H2,(H,24,26)(H,25,27,28). The van der Waals surface area contributed by atoms with Crippen LogP contribution in [0.5, 0.6) is 0 Å². The smallest absolute Gasteiger partial charge is 0.257 e. The van der Waals surface area contributed by atoms with Gasteiger partial charge in [0.15, 0.2) is 5.82 Å². The van der Waals surface area contributed by atoms with E-state index < -0.39 is 0 Å². The first kappa shape index (κ1) is 18.2. The zero-order valence-electron chi connectivity index (χ0n) is 16.3. The van der Waals surface area contributed by atoms with Crippen LogP contribution < -0.4 is 0 Å². The van der Waals surface area contributed by atoms with Crippen LogP contribution in [-0.2, 0) is 0 Å². The maximum atomic E-state index is 13.3. The van der Waals surface area contributed by atoms with Gasteiger partial charge in [-0.2, -0.15) is 10.2 Å². The molecule has 5 rings (SSSR count). The number of benzene rings is 1. The fraction of sp³-hybridized carbons (Fsp3) is 0.227. The van der Waals surface area contributed by atoms with Crippen molar-refractivity contribution in [2.45, 2.75) is 18.8 Å². The minimum Gasteiger partial charge on any atom is -0.338 e. The van der Waals surface area contributed by atoms with Crippen LogP contribution in [0.1, 0.15) is 34.9 Å². The van der Waals surface area contributed by atoms with Gasteiger partial charge in [0.05, 0.1) is 17.5 Å². The van der Waals surface area contributed by atoms with E-state index in [9.17, 15) is 4.79 Å². The van der Waals surface area contributed by atoms with E-state index in [1.165, 1.54) is 0 Å². The van der Waals surface area contributed by atoms with E-state index in [0.29, 0.717) is 30.2 Å². The highest BCUT2D eigenvalue weighted by molar-refractivity contribution is 5.99. The molecule has 1 unspecified atom stereocenters. The summed E-state index contributed by atoms with van der Waals surface area (Å²) in [4.78, 5) is 24.0. The van der Waals surface area contributed by atoms with Crippen molar-refractivity contribution in [3.05, 3.63) is 72.4 Å². The second-order valence-corrected chi connectivity index (χ2v) is 7.40. The average molecular weight is 399 g/mol. The minimum atomic E-state index is -0.0323. The molecule has 1 amide bonds. The van der Waals surface area contributed by atoms with Crippen LogP contribution in [-0.4, -0.2) is 54.3 Å². The molecule has 1 fully saturated rings. The number of aromatic nitrogens is 6. The summed E-state index contributed by atoms with van der Waals surface area (Å²) in [5.74, 6) is 1.60. The number of H-pyrrole nitrogens is 2. The van der Waals surface area contributed by atoms with Crippen LogP contribution in [0.3, 0.4) is 0 Å². The molecule has 1 aliphatic heterocycles. The van der Waals surface area contributed by atoms with E-state index in [4.69, 9.17) is 4.98 Å². The second kappa shape index (κ2) is 7.90. The van der Waals surface area contributed by atoms with Gasteiger partial charge in [-0.1, -0.05) is 30.3 Å². The number of hydrogen-bond acceptors (Lipinski definition) is 5. The Balaban J connectivity index is 1.35. The number of nitrogens with one attached hydrogen (secondary N) is 2. The van der Waals surface area contributed by atoms with Crippen molar-refractivity contribution in [1.29, 1.82) is 0 Å². The number of amides is 1. The Kier molecular flexibility index (Phi) is 4.80. The van der Waals surface area contributed by atoms with Gasteiger partial charge >= 0.3 is 0 Å². The predicted molar refractivity (Wildman–Crippen MR) is 112 cm³/mol. The van der Waals surface area contributed by atoms with Gasteiger partial charge in [-0.15, -0.1) is 0 Å². The van der Waals surface area contributed by atoms with Crippen molar-refractivity contribution in [3.63, 3.8) is 0 Å². The van der Waals surface area contributed by atoms with Gasteiger partial charge in [0.25, 0.3) is 5.91 Å². The number of carbonyl (C=O) groups is 1. The van der Waals surface area contributed by atoms with Crippen molar-refractivity contribution >= 4 is 5.91 Å². The molecule has 1 aromatic carbocycles. The second-order valence-electron chi connectivity index (χ2n) is 7.40. The molecule has 8 heteroatoms. The summed E-state index contributed by atoms with van der Waals surface area (Å²) in [6.07, 6.45) is 6.91. The van der Waals surface area contributed by atoms with E-state index in [0.717, 1.165) is 29.8 Å². The Hall–Kier alpha value is -3.81. The van der Waals surface area contributed by atoms with Crippen molar-refractivity contribution in [2.24, 2.45) is 0 Å². The summed E-state index contributed by atoms with van der Waals surface area (Å²) >= 11 is 0. The lowest BCUT2D eigenvalue weighted by Crippen LogP contribution is -2.39. The Morgan fingerprint density at radius 3 is 2.73 bits per heavy atom. The van der Waals surface area contributed by atoms with E-state index in [1.807, 2.05) is 47.4 Å². The molecule has 1 aliphatic rings. The van der Waals surface area contributed by atoms with Crippen LogP contribution in [0.15, 0.2) is 61.1 Å². The molecular formula is C22H21N7O. The van der Waals surface area contributed by atoms with Crippen LogP contribution in [0, 0.1) is 0 Å². The number of pyridine rings is 1. The molecule has 1 atom stereocenters. The highest BCUT2D eigenvalue weighted by Gasteiger charge is 2.29. The molecule has 0 aliphatic carbocycles. The van der Waals surface area contributed by atoms with Gasteiger partial charge in [0.2, 0.25) is 0 Å². The maximum absolute atomic E-state index is 13.3. The van der Waals surface area contributed by atoms with E-state index in [-0.39, 0.29) is 11.8 Å². The number of piperidine rings is 1. The molecule has 0 spiro atoms. The molecule has 0 radical (unpaired) electrons. The molecular weight excluding hydrogens is 378 g/mol. The Bertz CT molecular complexity index is 1140. The summed E-state index contributed by atoms with van der Waals surface area (Å²) in [5.41, 5.74) is 3.07. The average Bonchev–Trinajstić information content (AvgIpc) is 3.50. The van der Waals surface area contributed by atoms with Crippen LogP contribution >= 0.6 is 0 Å². The summed E-state index contributed by atoms with van der Waals surface area (Å²) < 4.78 is 0. The van der Waals surface area contributed by atoms with Crippen molar-refractivity contribution in [1.82, 2.24) is 35.3 Å². The summed E-state index contributed by atoms with van der Waals surface area (Å²) in [5, 5.41) is 14.5. The highest BCUT2D eigenvalue weighted by Crippen LogP contribution is 2.28. The third-order valence-electron chi connectivity index (χ3n) is 5.45. The molecule has 8 nitrogen and oxygen atoms in total. The van der Waals surface area contributed by atoms with Crippen molar-refractivity contribution in [3.8, 4) is 22.6 Å². The molecule has 1 saturated heterocycles. The fourth-order valence-corrected chi connectivity index (χ4v) is 3.91. The minimum absolute atomic E-state index is 0.0323. The van der Waals surface area contributed by atoms with Crippen LogP contribution in [0.25, 0.3) is 22.6 Å². The number of nitrogens with zero attached hydrogens (tertiary/aromatic N) is 5. The molecule has 4 aromatic rings. The van der Waals surface area contributed by atoms with E-state index in [2.05, 4.69) is 25.4 Å². The summed E-state index contributed by atoms with van der Waals surface area (Å²) in [6, 6.07) is 13.6. The Morgan fingerprint density at radius 2 is 1.90 bits per heavy atom. The van der Waals surface area contributed by atoms with Crippen LogP contribution in [0.2, 0.25) is 0 Å². The Labute approximate surface area is 173 Å². The first-order valence-corrected chi connectivity index (χ1v) is 10.0. The normalized spacial score (nSPS) is 16.5. The van der Waals surface area contributed by atoms with Gasteiger partial charge in [-0.25, -0.2) is 4.98 Å². The Morgan fingerprint density at radius 1 is 1.03 bits per heavy atom. The van der Waals surface area contributed by atoms with Gasteiger partial charge in [-0.3, -0.25) is 20.0 Å². The number of hydrogen-bond donors (Lipinski definition) is 2. The lowest BCUT2D eigenvalue weighted by Gasteiger charge is -2.31. The van der Waals surface area contributed by atoms with Gasteiger partial charge in [-0.05, 0) is 25.0 Å².